The maximum Gasteiger partial charge on any atom is 0.319 e. The number of hydrogen-bond acceptors (Lipinski definition) is 3. The van der Waals surface area contributed by atoms with Gasteiger partial charge in [0, 0.05) is 18.2 Å². The standard InChI is InChI=1S/C15H21N3O2/c1-11(19)10-12-2-4-13(5-3-12)17-15(20)18-14-6-8-16-9-7-14/h2-5,14,16H,6-10H2,1H3,(H2,17,18,20). The number of nitrogens with one attached hydrogen (secondary N) is 3. The highest BCUT2D eigenvalue weighted by Crippen LogP contribution is 2.10. The Morgan fingerprint density at radius 1 is 1.20 bits per heavy atom. The lowest BCUT2D eigenvalue weighted by Gasteiger charge is -2.23. The second kappa shape index (κ2) is 7.05. The van der Waals surface area contributed by atoms with Gasteiger partial charge in [0.2, 0.25) is 0 Å². The summed E-state index contributed by atoms with van der Waals surface area (Å²) >= 11 is 0. The van der Waals surface area contributed by atoms with Gasteiger partial charge in [-0.15, -0.1) is 0 Å². The van der Waals surface area contributed by atoms with E-state index >= 15 is 0 Å². The molecule has 1 aromatic rings. The van der Waals surface area contributed by atoms with Gasteiger partial charge in [-0.3, -0.25) is 4.79 Å². The first-order chi connectivity index (χ1) is 9.63. The van der Waals surface area contributed by atoms with Crippen molar-refractivity contribution in [1.29, 1.82) is 0 Å². The number of Topliss-reactive ketones (excluding diaryl/α,β-unsaturated/α-hetero) is 1. The summed E-state index contributed by atoms with van der Waals surface area (Å²) in [5.74, 6) is 0.134. The van der Waals surface area contributed by atoms with Crippen LogP contribution in [-0.4, -0.2) is 30.9 Å². The zero-order chi connectivity index (χ0) is 14.4. The van der Waals surface area contributed by atoms with Crippen LogP contribution in [-0.2, 0) is 11.2 Å². The van der Waals surface area contributed by atoms with Crippen molar-refractivity contribution >= 4 is 17.5 Å². The number of anilines is 1. The van der Waals surface area contributed by atoms with E-state index in [0.29, 0.717) is 6.42 Å². The lowest BCUT2D eigenvalue weighted by Crippen LogP contribution is -2.44. The minimum atomic E-state index is -0.170. The molecule has 2 rings (SSSR count). The molecule has 0 bridgehead atoms. The van der Waals surface area contributed by atoms with Gasteiger partial charge in [-0.2, -0.15) is 0 Å². The zero-order valence-corrected chi connectivity index (χ0v) is 11.7. The molecule has 1 aromatic carbocycles. The topological polar surface area (TPSA) is 70.2 Å². The Morgan fingerprint density at radius 3 is 2.45 bits per heavy atom. The number of piperidine rings is 1. The maximum atomic E-state index is 11.8. The van der Waals surface area contributed by atoms with Gasteiger partial charge in [0.05, 0.1) is 0 Å². The van der Waals surface area contributed by atoms with E-state index in [1.54, 1.807) is 6.92 Å². The molecule has 1 saturated heterocycles. The van der Waals surface area contributed by atoms with Crippen molar-refractivity contribution in [2.75, 3.05) is 18.4 Å². The van der Waals surface area contributed by atoms with E-state index in [2.05, 4.69) is 16.0 Å². The molecule has 5 heteroatoms. The molecule has 108 valence electrons. The van der Waals surface area contributed by atoms with E-state index in [-0.39, 0.29) is 17.9 Å². The number of rotatable bonds is 4. The summed E-state index contributed by atoms with van der Waals surface area (Å²) in [6.07, 6.45) is 2.36. The summed E-state index contributed by atoms with van der Waals surface area (Å²) in [5.41, 5.74) is 1.70. The van der Waals surface area contributed by atoms with Crippen LogP contribution in [0.15, 0.2) is 24.3 Å². The smallest absolute Gasteiger partial charge is 0.319 e. The SMILES string of the molecule is CC(=O)Cc1ccc(NC(=O)NC2CCNCC2)cc1. The second-order valence-electron chi connectivity index (χ2n) is 5.20. The first-order valence-corrected chi connectivity index (χ1v) is 7.00. The van der Waals surface area contributed by atoms with E-state index in [1.807, 2.05) is 24.3 Å². The predicted molar refractivity (Wildman–Crippen MR) is 78.9 cm³/mol. The number of hydrogen-bond donors (Lipinski definition) is 3. The molecular weight excluding hydrogens is 254 g/mol. The van der Waals surface area contributed by atoms with Crippen LogP contribution in [0.3, 0.4) is 0 Å². The molecule has 20 heavy (non-hydrogen) atoms. The fourth-order valence-electron chi connectivity index (χ4n) is 2.31. The molecule has 1 aliphatic rings. The zero-order valence-electron chi connectivity index (χ0n) is 11.7. The Labute approximate surface area is 119 Å². The average Bonchev–Trinajstić information content (AvgIpc) is 2.41. The fraction of sp³-hybridized carbons (Fsp3) is 0.467. The summed E-state index contributed by atoms with van der Waals surface area (Å²) in [7, 11) is 0. The average molecular weight is 275 g/mol. The first-order valence-electron chi connectivity index (χ1n) is 7.00. The van der Waals surface area contributed by atoms with Crippen LogP contribution >= 0.6 is 0 Å². The third-order valence-electron chi connectivity index (χ3n) is 3.34. The molecule has 0 aliphatic carbocycles. The molecule has 0 radical (unpaired) electrons. The normalized spacial score (nSPS) is 15.7. The highest BCUT2D eigenvalue weighted by molar-refractivity contribution is 5.89. The molecule has 0 atom stereocenters. The Balaban J connectivity index is 1.82. The summed E-state index contributed by atoms with van der Waals surface area (Å²) in [6.45, 7) is 3.47. The molecule has 0 spiro atoms. The van der Waals surface area contributed by atoms with E-state index in [1.165, 1.54) is 0 Å². The van der Waals surface area contributed by atoms with Gasteiger partial charge < -0.3 is 16.0 Å². The van der Waals surface area contributed by atoms with Crippen LogP contribution in [0.2, 0.25) is 0 Å². The molecule has 0 aromatic heterocycles. The third kappa shape index (κ3) is 4.66. The maximum absolute atomic E-state index is 11.8. The summed E-state index contributed by atoms with van der Waals surface area (Å²) < 4.78 is 0. The number of benzene rings is 1. The molecule has 0 unspecified atom stereocenters. The molecule has 3 N–H and O–H groups in total. The van der Waals surface area contributed by atoms with Crippen LogP contribution in [0.5, 0.6) is 0 Å². The number of carbonyl (C=O) groups is 2. The van der Waals surface area contributed by atoms with Crippen LogP contribution in [0, 0.1) is 0 Å². The van der Waals surface area contributed by atoms with Gasteiger partial charge in [0.25, 0.3) is 0 Å². The molecule has 1 fully saturated rings. The molecule has 0 saturated carbocycles. The van der Waals surface area contributed by atoms with Crippen LogP contribution in [0.1, 0.15) is 25.3 Å². The Kier molecular flexibility index (Phi) is 5.12. The van der Waals surface area contributed by atoms with Crippen molar-refractivity contribution < 1.29 is 9.59 Å². The van der Waals surface area contributed by atoms with Gasteiger partial charge in [0.15, 0.2) is 0 Å². The van der Waals surface area contributed by atoms with Crippen molar-refractivity contribution in [3.63, 3.8) is 0 Å². The van der Waals surface area contributed by atoms with Gasteiger partial charge in [-0.1, -0.05) is 12.1 Å². The second-order valence-corrected chi connectivity index (χ2v) is 5.20. The van der Waals surface area contributed by atoms with Gasteiger partial charge in [-0.05, 0) is 50.6 Å². The monoisotopic (exact) mass is 275 g/mol. The fourth-order valence-corrected chi connectivity index (χ4v) is 2.31. The summed E-state index contributed by atoms with van der Waals surface area (Å²) in [5, 5.41) is 9.04. The molecule has 5 nitrogen and oxygen atoms in total. The van der Waals surface area contributed by atoms with Gasteiger partial charge in [-0.25, -0.2) is 4.79 Å². The minimum Gasteiger partial charge on any atom is -0.335 e. The largest absolute Gasteiger partial charge is 0.335 e. The highest BCUT2D eigenvalue weighted by atomic mass is 16.2. The number of amides is 2. The van der Waals surface area contributed by atoms with Gasteiger partial charge in [0.1, 0.15) is 5.78 Å². The number of urea groups is 1. The Bertz CT molecular complexity index is 465. The first kappa shape index (κ1) is 14.5. The van der Waals surface area contributed by atoms with Crippen molar-refractivity contribution in [2.45, 2.75) is 32.2 Å². The van der Waals surface area contributed by atoms with E-state index in [0.717, 1.165) is 37.2 Å². The van der Waals surface area contributed by atoms with Crippen molar-refractivity contribution in [3.05, 3.63) is 29.8 Å². The van der Waals surface area contributed by atoms with Crippen LogP contribution in [0.4, 0.5) is 10.5 Å². The molecule has 1 heterocycles. The van der Waals surface area contributed by atoms with Crippen LogP contribution in [0.25, 0.3) is 0 Å². The summed E-state index contributed by atoms with van der Waals surface area (Å²) in [6, 6.07) is 7.44. The van der Waals surface area contributed by atoms with E-state index in [9.17, 15) is 9.59 Å². The Morgan fingerprint density at radius 2 is 1.85 bits per heavy atom. The molecule has 1 aliphatic heterocycles. The lowest BCUT2D eigenvalue weighted by atomic mass is 10.1. The van der Waals surface area contributed by atoms with E-state index < -0.39 is 0 Å². The van der Waals surface area contributed by atoms with Crippen molar-refractivity contribution in [3.8, 4) is 0 Å². The highest BCUT2D eigenvalue weighted by Gasteiger charge is 2.15. The van der Waals surface area contributed by atoms with Crippen molar-refractivity contribution in [1.82, 2.24) is 10.6 Å². The number of carbonyl (C=O) groups excluding carboxylic acids is 2. The molecular formula is C15H21N3O2. The Hall–Kier alpha value is -1.88. The minimum absolute atomic E-state index is 0.134. The lowest BCUT2D eigenvalue weighted by molar-refractivity contribution is -0.116. The summed E-state index contributed by atoms with van der Waals surface area (Å²) in [4.78, 5) is 22.9. The quantitative estimate of drug-likeness (QED) is 0.783. The van der Waals surface area contributed by atoms with Crippen LogP contribution < -0.4 is 16.0 Å². The third-order valence-corrected chi connectivity index (χ3v) is 3.34. The van der Waals surface area contributed by atoms with Gasteiger partial charge >= 0.3 is 6.03 Å². The van der Waals surface area contributed by atoms with E-state index in [4.69, 9.17) is 0 Å². The molecule has 2 amide bonds. The number of ketones is 1. The van der Waals surface area contributed by atoms with Crippen molar-refractivity contribution in [2.24, 2.45) is 0 Å². The predicted octanol–water partition coefficient (Wildman–Crippen LogP) is 1.69.